The van der Waals surface area contributed by atoms with Crippen molar-refractivity contribution >= 4 is 15.8 Å². The zero-order chi connectivity index (χ0) is 15.5. The summed E-state index contributed by atoms with van der Waals surface area (Å²) < 4.78 is 24.6. The predicted octanol–water partition coefficient (Wildman–Crippen LogP) is 1.32. The van der Waals surface area contributed by atoms with E-state index in [2.05, 4.69) is 0 Å². The summed E-state index contributed by atoms with van der Waals surface area (Å²) in [6.45, 7) is 0.973. The van der Waals surface area contributed by atoms with E-state index in [4.69, 9.17) is 5.73 Å². The van der Waals surface area contributed by atoms with Gasteiger partial charge in [-0.1, -0.05) is 30.3 Å². The third kappa shape index (κ3) is 4.36. The molecule has 1 aromatic carbocycles. The van der Waals surface area contributed by atoms with Crippen molar-refractivity contribution in [1.82, 2.24) is 4.31 Å². The first-order valence-electron chi connectivity index (χ1n) is 7.16. The second-order valence-corrected chi connectivity index (χ2v) is 7.67. The van der Waals surface area contributed by atoms with Crippen LogP contribution in [0.15, 0.2) is 30.3 Å². The Morgan fingerprint density at radius 3 is 2.67 bits per heavy atom. The minimum absolute atomic E-state index is 0.0263. The van der Waals surface area contributed by atoms with E-state index in [1.807, 2.05) is 30.3 Å². The van der Waals surface area contributed by atoms with Crippen LogP contribution in [-0.4, -0.2) is 37.9 Å². The number of ketones is 1. The number of rotatable bonds is 5. The molecule has 116 valence electrons. The molecule has 2 atom stereocenters. The smallest absolute Gasteiger partial charge is 0.211 e. The second kappa shape index (κ2) is 6.68. The van der Waals surface area contributed by atoms with E-state index in [-0.39, 0.29) is 11.7 Å². The number of sulfonamides is 1. The Hall–Kier alpha value is -1.24. The van der Waals surface area contributed by atoms with E-state index in [1.54, 1.807) is 0 Å². The van der Waals surface area contributed by atoms with Crippen LogP contribution in [0, 0.1) is 5.92 Å². The molecule has 1 heterocycles. The number of nitrogens with zero attached hydrogens (tertiary/aromatic N) is 1. The van der Waals surface area contributed by atoms with Gasteiger partial charge in [-0.3, -0.25) is 4.79 Å². The van der Waals surface area contributed by atoms with Gasteiger partial charge in [0.15, 0.2) is 5.78 Å². The number of Topliss-reactive ketones (excluding diaryl/α,β-unsaturated/α-hetero) is 1. The van der Waals surface area contributed by atoms with Crippen molar-refractivity contribution in [3.63, 3.8) is 0 Å². The highest BCUT2D eigenvalue weighted by Crippen LogP contribution is 2.24. The number of hydrogen-bond acceptors (Lipinski definition) is 4. The molecule has 1 saturated heterocycles. The summed E-state index contributed by atoms with van der Waals surface area (Å²) in [7, 11) is -3.18. The predicted molar refractivity (Wildman–Crippen MR) is 82.1 cm³/mol. The van der Waals surface area contributed by atoms with Crippen LogP contribution in [0.2, 0.25) is 0 Å². The summed E-state index contributed by atoms with van der Waals surface area (Å²) >= 11 is 0. The number of hydrogen-bond donors (Lipinski definition) is 1. The van der Waals surface area contributed by atoms with Gasteiger partial charge in [-0.2, -0.15) is 0 Å². The maximum absolute atomic E-state index is 12.3. The fraction of sp³-hybridized carbons (Fsp3) is 0.533. The molecule has 2 N–H and O–H groups in total. The summed E-state index contributed by atoms with van der Waals surface area (Å²) in [5.41, 5.74) is 6.80. The second-order valence-electron chi connectivity index (χ2n) is 5.69. The van der Waals surface area contributed by atoms with Crippen LogP contribution in [0.3, 0.4) is 0 Å². The van der Waals surface area contributed by atoms with E-state index in [9.17, 15) is 13.2 Å². The highest BCUT2D eigenvalue weighted by molar-refractivity contribution is 7.88. The fourth-order valence-corrected chi connectivity index (χ4v) is 3.69. The standard InChI is InChI=1S/C15H22N2O3S/c1-21(19,20)17-9-5-6-12(11-17)10-14(18)15(16)13-7-3-2-4-8-13/h2-4,7-8,12,15H,5-6,9-11,16H2,1H3. The molecule has 0 saturated carbocycles. The third-order valence-corrected chi connectivity index (χ3v) is 5.22. The molecule has 0 aliphatic carbocycles. The molecule has 0 aromatic heterocycles. The summed E-state index contributed by atoms with van der Waals surface area (Å²) in [5.74, 6) is 0.0392. The Morgan fingerprint density at radius 1 is 1.38 bits per heavy atom. The lowest BCUT2D eigenvalue weighted by atomic mass is 9.90. The number of benzene rings is 1. The van der Waals surface area contributed by atoms with E-state index >= 15 is 0 Å². The Balaban J connectivity index is 1.96. The molecule has 21 heavy (non-hydrogen) atoms. The van der Waals surface area contributed by atoms with Crippen LogP contribution in [0.5, 0.6) is 0 Å². The monoisotopic (exact) mass is 310 g/mol. The number of carbonyl (C=O) groups is 1. The van der Waals surface area contributed by atoms with E-state index in [1.165, 1.54) is 10.6 Å². The topological polar surface area (TPSA) is 80.5 Å². The molecule has 2 rings (SSSR count). The zero-order valence-electron chi connectivity index (χ0n) is 12.2. The lowest BCUT2D eigenvalue weighted by molar-refractivity contribution is -0.121. The summed E-state index contributed by atoms with van der Waals surface area (Å²) in [6.07, 6.45) is 3.22. The molecule has 1 aliphatic rings. The van der Waals surface area contributed by atoms with Crippen LogP contribution < -0.4 is 5.73 Å². The van der Waals surface area contributed by atoms with Gasteiger partial charge in [-0.25, -0.2) is 12.7 Å². The van der Waals surface area contributed by atoms with Crippen molar-refractivity contribution in [2.45, 2.75) is 25.3 Å². The summed E-state index contributed by atoms with van der Waals surface area (Å²) in [4.78, 5) is 12.3. The van der Waals surface area contributed by atoms with Gasteiger partial charge in [0.25, 0.3) is 0 Å². The van der Waals surface area contributed by atoms with E-state index in [0.29, 0.717) is 19.5 Å². The van der Waals surface area contributed by atoms with Gasteiger partial charge >= 0.3 is 0 Å². The molecular formula is C15H22N2O3S. The van der Waals surface area contributed by atoms with Crippen LogP contribution in [0.25, 0.3) is 0 Å². The largest absolute Gasteiger partial charge is 0.318 e. The first-order chi connectivity index (χ1) is 9.88. The minimum atomic E-state index is -3.18. The molecule has 1 aromatic rings. The fourth-order valence-electron chi connectivity index (χ4n) is 2.75. The normalized spacial score (nSPS) is 21.9. The third-order valence-electron chi connectivity index (χ3n) is 3.95. The highest BCUT2D eigenvalue weighted by atomic mass is 32.2. The average Bonchev–Trinajstić information content (AvgIpc) is 2.47. The van der Waals surface area contributed by atoms with Crippen molar-refractivity contribution in [1.29, 1.82) is 0 Å². The molecule has 0 amide bonds. The van der Waals surface area contributed by atoms with Crippen molar-refractivity contribution in [2.24, 2.45) is 11.7 Å². The molecule has 5 nitrogen and oxygen atoms in total. The van der Waals surface area contributed by atoms with E-state index in [0.717, 1.165) is 18.4 Å². The highest BCUT2D eigenvalue weighted by Gasteiger charge is 2.28. The van der Waals surface area contributed by atoms with Gasteiger partial charge in [0.2, 0.25) is 10.0 Å². The molecular weight excluding hydrogens is 288 g/mol. The van der Waals surface area contributed by atoms with Crippen LogP contribution >= 0.6 is 0 Å². The number of piperidine rings is 1. The Labute approximate surface area is 126 Å². The van der Waals surface area contributed by atoms with Gasteiger partial charge < -0.3 is 5.73 Å². The molecule has 2 unspecified atom stereocenters. The van der Waals surface area contributed by atoms with Crippen molar-refractivity contribution in [2.75, 3.05) is 19.3 Å². The molecule has 0 bridgehead atoms. The van der Waals surface area contributed by atoms with Crippen molar-refractivity contribution in [3.05, 3.63) is 35.9 Å². The zero-order valence-corrected chi connectivity index (χ0v) is 13.1. The van der Waals surface area contributed by atoms with Crippen molar-refractivity contribution in [3.8, 4) is 0 Å². The molecule has 0 spiro atoms. The maximum atomic E-state index is 12.3. The Kier molecular flexibility index (Phi) is 5.13. The molecule has 6 heteroatoms. The number of carbonyl (C=O) groups excluding carboxylic acids is 1. The van der Waals surface area contributed by atoms with Gasteiger partial charge in [0.05, 0.1) is 12.3 Å². The molecule has 0 radical (unpaired) electrons. The number of nitrogens with two attached hydrogens (primary N) is 1. The first kappa shape index (κ1) is 16.1. The van der Waals surface area contributed by atoms with Crippen LogP contribution in [0.4, 0.5) is 0 Å². The van der Waals surface area contributed by atoms with Gasteiger partial charge in [0, 0.05) is 19.5 Å². The molecule has 1 fully saturated rings. The van der Waals surface area contributed by atoms with Gasteiger partial charge in [-0.15, -0.1) is 0 Å². The lowest BCUT2D eigenvalue weighted by Gasteiger charge is -2.31. The Morgan fingerprint density at radius 2 is 2.05 bits per heavy atom. The van der Waals surface area contributed by atoms with Crippen LogP contribution in [0.1, 0.15) is 30.9 Å². The Bertz CT molecular complexity index is 586. The summed E-state index contributed by atoms with van der Waals surface area (Å²) in [5, 5.41) is 0. The van der Waals surface area contributed by atoms with Crippen LogP contribution in [-0.2, 0) is 14.8 Å². The first-order valence-corrected chi connectivity index (χ1v) is 9.01. The lowest BCUT2D eigenvalue weighted by Crippen LogP contribution is -2.40. The van der Waals surface area contributed by atoms with Gasteiger partial charge in [0.1, 0.15) is 0 Å². The quantitative estimate of drug-likeness (QED) is 0.889. The van der Waals surface area contributed by atoms with E-state index < -0.39 is 16.1 Å². The molecule has 1 aliphatic heterocycles. The summed E-state index contributed by atoms with van der Waals surface area (Å²) in [6, 6.07) is 8.65. The van der Waals surface area contributed by atoms with Gasteiger partial charge in [-0.05, 0) is 24.3 Å². The average molecular weight is 310 g/mol. The van der Waals surface area contributed by atoms with Crippen molar-refractivity contribution < 1.29 is 13.2 Å². The SMILES string of the molecule is CS(=O)(=O)N1CCCC(CC(=O)C(N)c2ccccc2)C1. The minimum Gasteiger partial charge on any atom is -0.318 e. The maximum Gasteiger partial charge on any atom is 0.211 e.